The van der Waals surface area contributed by atoms with Crippen molar-refractivity contribution in [2.24, 2.45) is 10.7 Å². The summed E-state index contributed by atoms with van der Waals surface area (Å²) in [7, 11) is 5.03. The zero-order valence-electron chi connectivity index (χ0n) is 20.7. The number of aromatic amines is 1. The van der Waals surface area contributed by atoms with E-state index in [2.05, 4.69) is 30.4 Å². The van der Waals surface area contributed by atoms with Crippen molar-refractivity contribution in [1.82, 2.24) is 20.1 Å². The fourth-order valence-corrected chi connectivity index (χ4v) is 4.54. The van der Waals surface area contributed by atoms with E-state index in [0.717, 1.165) is 51.7 Å². The lowest BCUT2D eigenvalue weighted by molar-refractivity contribution is 0.110. The Labute approximate surface area is 202 Å². The van der Waals surface area contributed by atoms with E-state index in [0.29, 0.717) is 34.6 Å². The molecular formula is C25H29N7O3. The molecule has 3 aromatic heterocycles. The number of nitrogens with two attached hydrogens (primary N) is 1. The standard InChI is InChI=1S/C25H29N7O3/c1-12-21(13(2)35-32-12)16-9-17-15(10-18(16)33-5)22-23(30-17)28-14(3)29-24(22)31-20(27-4)11-19(26)25(34-6)7-8-25/h9-11H,7-8,26H2,1-6H3,(H2,27,28,29,30,31). The van der Waals surface area contributed by atoms with Gasteiger partial charge in [-0.3, -0.25) is 4.99 Å². The minimum absolute atomic E-state index is 0.392. The van der Waals surface area contributed by atoms with Crippen LogP contribution in [0.4, 0.5) is 5.82 Å². The minimum atomic E-state index is -0.392. The number of aromatic nitrogens is 4. The number of fused-ring (bicyclic) bond motifs is 3. The summed E-state index contributed by atoms with van der Waals surface area (Å²) in [5.41, 5.74) is 10.8. The average Bonchev–Trinajstić information content (AvgIpc) is 3.47. The van der Waals surface area contributed by atoms with Crippen molar-refractivity contribution in [2.45, 2.75) is 39.2 Å². The van der Waals surface area contributed by atoms with Crippen LogP contribution in [0.5, 0.6) is 5.75 Å². The van der Waals surface area contributed by atoms with E-state index in [4.69, 9.17) is 19.7 Å². The van der Waals surface area contributed by atoms with Crippen LogP contribution < -0.4 is 15.8 Å². The molecule has 10 nitrogen and oxygen atoms in total. The van der Waals surface area contributed by atoms with Crippen LogP contribution in [-0.2, 0) is 4.74 Å². The van der Waals surface area contributed by atoms with Crippen molar-refractivity contribution < 1.29 is 14.0 Å². The number of aliphatic imine (C=N–C) groups is 1. The molecule has 35 heavy (non-hydrogen) atoms. The SMILES string of the molecule is CN=C(C=C(N)C1(OC)CC1)Nc1nc(C)nc2[nH]c3cc(-c4c(C)noc4C)c(OC)cc3c12. The lowest BCUT2D eigenvalue weighted by Gasteiger charge is -2.15. The number of methoxy groups -OCH3 is 2. The van der Waals surface area contributed by atoms with Gasteiger partial charge in [0.15, 0.2) is 0 Å². The van der Waals surface area contributed by atoms with Gasteiger partial charge in [-0.2, -0.15) is 0 Å². The molecule has 0 unspecified atom stereocenters. The molecule has 1 saturated carbocycles. The Morgan fingerprint density at radius 2 is 2.00 bits per heavy atom. The first-order valence-corrected chi connectivity index (χ1v) is 11.4. The maximum absolute atomic E-state index is 6.34. The molecule has 1 aliphatic carbocycles. The number of anilines is 1. The molecule has 0 aliphatic heterocycles. The number of nitrogens with one attached hydrogen (secondary N) is 2. The van der Waals surface area contributed by atoms with Crippen molar-refractivity contribution in [3.05, 3.63) is 41.2 Å². The zero-order valence-corrected chi connectivity index (χ0v) is 20.7. The average molecular weight is 476 g/mol. The van der Waals surface area contributed by atoms with Crippen molar-refractivity contribution in [1.29, 1.82) is 0 Å². The molecule has 1 aromatic carbocycles. The lowest BCUT2D eigenvalue weighted by Crippen LogP contribution is -2.24. The number of amidine groups is 1. The molecule has 1 aliphatic rings. The number of nitrogens with zero attached hydrogens (tertiary/aromatic N) is 4. The Morgan fingerprint density at radius 3 is 2.60 bits per heavy atom. The predicted molar refractivity (Wildman–Crippen MR) is 136 cm³/mol. The van der Waals surface area contributed by atoms with Gasteiger partial charge in [-0.05, 0) is 45.7 Å². The molecule has 10 heteroatoms. The predicted octanol–water partition coefficient (Wildman–Crippen LogP) is 4.16. The summed E-state index contributed by atoms with van der Waals surface area (Å²) < 4.78 is 16.8. The van der Waals surface area contributed by atoms with E-state index in [1.54, 1.807) is 21.3 Å². The van der Waals surface area contributed by atoms with Crippen LogP contribution in [0.15, 0.2) is 33.4 Å². The van der Waals surface area contributed by atoms with Crippen LogP contribution in [0.1, 0.15) is 30.1 Å². The second kappa shape index (κ2) is 8.38. The van der Waals surface area contributed by atoms with E-state index >= 15 is 0 Å². The van der Waals surface area contributed by atoms with E-state index < -0.39 is 5.60 Å². The quantitative estimate of drug-likeness (QED) is 0.279. The van der Waals surface area contributed by atoms with Crippen LogP contribution in [0.25, 0.3) is 33.1 Å². The van der Waals surface area contributed by atoms with Crippen molar-refractivity contribution in [2.75, 3.05) is 26.6 Å². The van der Waals surface area contributed by atoms with Gasteiger partial charge in [-0.1, -0.05) is 5.16 Å². The molecule has 0 radical (unpaired) electrons. The maximum Gasteiger partial charge on any atom is 0.145 e. The Bertz CT molecular complexity index is 1490. The zero-order chi connectivity index (χ0) is 24.9. The van der Waals surface area contributed by atoms with Gasteiger partial charge in [0.2, 0.25) is 0 Å². The minimum Gasteiger partial charge on any atom is -0.496 e. The molecule has 182 valence electrons. The van der Waals surface area contributed by atoms with Gasteiger partial charge in [0.25, 0.3) is 0 Å². The number of ether oxygens (including phenoxy) is 2. The summed E-state index contributed by atoms with van der Waals surface area (Å²) in [6.07, 6.45) is 3.61. The molecule has 5 rings (SSSR count). The number of rotatable bonds is 6. The molecule has 3 heterocycles. The highest BCUT2D eigenvalue weighted by Crippen LogP contribution is 2.43. The Morgan fingerprint density at radius 1 is 1.23 bits per heavy atom. The molecule has 0 bridgehead atoms. The molecule has 0 atom stereocenters. The maximum atomic E-state index is 6.34. The highest BCUT2D eigenvalue weighted by atomic mass is 16.5. The van der Waals surface area contributed by atoms with Crippen LogP contribution in [0.3, 0.4) is 0 Å². The van der Waals surface area contributed by atoms with Crippen molar-refractivity contribution >= 4 is 33.6 Å². The number of hydrogen-bond donors (Lipinski definition) is 3. The Kier molecular flexibility index (Phi) is 5.47. The number of H-pyrrole nitrogens is 1. The molecule has 1 fully saturated rings. The summed E-state index contributed by atoms with van der Waals surface area (Å²) in [4.78, 5) is 17.1. The third-order valence-electron chi connectivity index (χ3n) is 6.59. The van der Waals surface area contributed by atoms with Crippen LogP contribution in [0, 0.1) is 20.8 Å². The van der Waals surface area contributed by atoms with Crippen LogP contribution >= 0.6 is 0 Å². The smallest absolute Gasteiger partial charge is 0.145 e. The van der Waals surface area contributed by atoms with E-state index in [1.807, 2.05) is 39.0 Å². The number of hydrogen-bond acceptors (Lipinski definition) is 8. The summed E-state index contributed by atoms with van der Waals surface area (Å²) in [5.74, 6) is 3.25. The Balaban J connectivity index is 1.65. The molecule has 0 amide bonds. The highest BCUT2D eigenvalue weighted by molar-refractivity contribution is 6.16. The largest absolute Gasteiger partial charge is 0.496 e. The number of aryl methyl sites for hydroxylation is 3. The highest BCUT2D eigenvalue weighted by Gasteiger charge is 2.45. The lowest BCUT2D eigenvalue weighted by atomic mass is 10.0. The van der Waals surface area contributed by atoms with E-state index in [1.165, 1.54) is 0 Å². The summed E-state index contributed by atoms with van der Waals surface area (Å²) in [6, 6.07) is 4.01. The van der Waals surface area contributed by atoms with Gasteiger partial charge in [-0.25, -0.2) is 9.97 Å². The fourth-order valence-electron chi connectivity index (χ4n) is 4.54. The second-order valence-corrected chi connectivity index (χ2v) is 8.80. The second-order valence-electron chi connectivity index (χ2n) is 8.80. The third-order valence-corrected chi connectivity index (χ3v) is 6.59. The Hall–Kier alpha value is -3.92. The topological polar surface area (TPSA) is 136 Å². The number of benzene rings is 1. The van der Waals surface area contributed by atoms with Gasteiger partial charge in [0.05, 0.1) is 23.8 Å². The van der Waals surface area contributed by atoms with Crippen LogP contribution in [0.2, 0.25) is 0 Å². The third kappa shape index (κ3) is 3.79. The molecule has 4 aromatic rings. The van der Waals surface area contributed by atoms with Crippen LogP contribution in [-0.4, -0.2) is 52.8 Å². The van der Waals surface area contributed by atoms with Gasteiger partial charge in [0.1, 0.15) is 40.2 Å². The molecule has 0 saturated heterocycles. The molecule has 0 spiro atoms. The molecular weight excluding hydrogens is 446 g/mol. The fraction of sp³-hybridized carbons (Fsp3) is 0.360. The normalized spacial score (nSPS) is 15.7. The van der Waals surface area contributed by atoms with Gasteiger partial charge < -0.3 is 30.0 Å². The van der Waals surface area contributed by atoms with E-state index in [9.17, 15) is 0 Å². The summed E-state index contributed by atoms with van der Waals surface area (Å²) in [5, 5.41) is 9.19. The first-order chi connectivity index (χ1) is 16.8. The van der Waals surface area contributed by atoms with Gasteiger partial charge >= 0.3 is 0 Å². The van der Waals surface area contributed by atoms with Crippen molar-refractivity contribution in [3.8, 4) is 16.9 Å². The van der Waals surface area contributed by atoms with Gasteiger partial charge in [-0.15, -0.1) is 0 Å². The summed E-state index contributed by atoms with van der Waals surface area (Å²) in [6.45, 7) is 5.65. The van der Waals surface area contributed by atoms with E-state index in [-0.39, 0.29) is 0 Å². The first-order valence-electron chi connectivity index (χ1n) is 11.4. The van der Waals surface area contributed by atoms with Crippen molar-refractivity contribution in [3.63, 3.8) is 0 Å². The van der Waals surface area contributed by atoms with Gasteiger partial charge in [0, 0.05) is 42.4 Å². The monoisotopic (exact) mass is 475 g/mol. The summed E-state index contributed by atoms with van der Waals surface area (Å²) >= 11 is 0. The first kappa shape index (κ1) is 22.9. The molecule has 4 N–H and O–H groups in total.